The highest BCUT2D eigenvalue weighted by atomic mass is 16.5. The molecule has 0 aliphatic carbocycles. The fraction of sp³-hybridized carbons (Fsp3) is 0.667. The zero-order chi connectivity index (χ0) is 20.2. The number of hydrogen-bond donors (Lipinski definition) is 2. The fourth-order valence-electron chi connectivity index (χ4n) is 3.07. The summed E-state index contributed by atoms with van der Waals surface area (Å²) in [4.78, 5) is 7.21. The van der Waals surface area contributed by atoms with Gasteiger partial charge in [-0.2, -0.15) is 0 Å². The zero-order valence-corrected chi connectivity index (χ0v) is 17.8. The number of guanidine groups is 1. The van der Waals surface area contributed by atoms with Crippen molar-refractivity contribution >= 4 is 5.96 Å². The molecule has 0 radical (unpaired) electrons. The third-order valence-corrected chi connectivity index (χ3v) is 4.77. The Hall–Kier alpha value is -1.83. The molecule has 28 heavy (non-hydrogen) atoms. The van der Waals surface area contributed by atoms with E-state index in [2.05, 4.69) is 42.4 Å². The molecule has 1 heterocycles. The second kappa shape index (κ2) is 11.9. The number of nitrogens with one attached hydrogen (secondary N) is 2. The number of ether oxygens (including phenoxy) is 3. The minimum atomic E-state index is 0.0368. The lowest BCUT2D eigenvalue weighted by atomic mass is 10.0. The summed E-state index contributed by atoms with van der Waals surface area (Å²) in [6.45, 7) is 13.5. The van der Waals surface area contributed by atoms with Crippen molar-refractivity contribution in [3.8, 4) is 5.75 Å². The third kappa shape index (κ3) is 7.66. The molecule has 1 aliphatic rings. The van der Waals surface area contributed by atoms with Crippen LogP contribution in [0.15, 0.2) is 29.3 Å². The number of benzene rings is 1. The SMILES string of the molecule is CCNC(=NCc1cccc(OCCOC)c1)NCC(C)(C)N1CCOCC1. The normalized spacial score (nSPS) is 16.1. The Balaban J connectivity index is 1.91. The molecule has 1 saturated heterocycles. The number of nitrogens with zero attached hydrogens (tertiary/aromatic N) is 2. The van der Waals surface area contributed by atoms with E-state index in [0.717, 1.165) is 56.7 Å². The molecule has 0 spiro atoms. The minimum Gasteiger partial charge on any atom is -0.491 e. The zero-order valence-electron chi connectivity index (χ0n) is 17.8. The van der Waals surface area contributed by atoms with Crippen LogP contribution < -0.4 is 15.4 Å². The van der Waals surface area contributed by atoms with E-state index in [1.54, 1.807) is 7.11 Å². The number of methoxy groups -OCH3 is 1. The molecule has 1 fully saturated rings. The van der Waals surface area contributed by atoms with Gasteiger partial charge in [0.05, 0.1) is 26.4 Å². The molecule has 7 heteroatoms. The predicted octanol–water partition coefficient (Wildman–Crippen LogP) is 1.88. The summed E-state index contributed by atoms with van der Waals surface area (Å²) in [5.41, 5.74) is 1.15. The van der Waals surface area contributed by atoms with Gasteiger partial charge in [-0.1, -0.05) is 12.1 Å². The van der Waals surface area contributed by atoms with E-state index < -0.39 is 0 Å². The van der Waals surface area contributed by atoms with Gasteiger partial charge in [0.15, 0.2) is 5.96 Å². The first kappa shape index (κ1) is 22.5. The van der Waals surface area contributed by atoms with Crippen LogP contribution in [-0.4, -0.2) is 76.1 Å². The summed E-state index contributed by atoms with van der Waals surface area (Å²) in [7, 11) is 1.67. The highest BCUT2D eigenvalue weighted by Crippen LogP contribution is 2.16. The molecule has 0 unspecified atom stereocenters. The van der Waals surface area contributed by atoms with E-state index in [-0.39, 0.29) is 5.54 Å². The highest BCUT2D eigenvalue weighted by molar-refractivity contribution is 5.79. The molecule has 0 bridgehead atoms. The summed E-state index contributed by atoms with van der Waals surface area (Å²) in [6.07, 6.45) is 0. The number of morpholine rings is 1. The van der Waals surface area contributed by atoms with Crippen molar-refractivity contribution in [1.29, 1.82) is 0 Å². The largest absolute Gasteiger partial charge is 0.491 e. The summed E-state index contributed by atoms with van der Waals surface area (Å²) in [5, 5.41) is 6.83. The van der Waals surface area contributed by atoms with E-state index in [0.29, 0.717) is 19.8 Å². The van der Waals surface area contributed by atoms with Gasteiger partial charge >= 0.3 is 0 Å². The molecule has 0 amide bonds. The molecule has 1 aromatic rings. The van der Waals surface area contributed by atoms with Crippen molar-refractivity contribution in [3.05, 3.63) is 29.8 Å². The molecule has 2 rings (SSSR count). The lowest BCUT2D eigenvalue weighted by Crippen LogP contribution is -2.56. The topological polar surface area (TPSA) is 67.4 Å². The van der Waals surface area contributed by atoms with Crippen molar-refractivity contribution in [3.63, 3.8) is 0 Å². The second-order valence-corrected chi connectivity index (χ2v) is 7.45. The van der Waals surface area contributed by atoms with Crippen LogP contribution in [0.4, 0.5) is 0 Å². The average molecular weight is 393 g/mol. The van der Waals surface area contributed by atoms with Crippen LogP contribution in [0.1, 0.15) is 26.3 Å². The summed E-state index contributed by atoms with van der Waals surface area (Å²) in [6, 6.07) is 8.04. The fourth-order valence-corrected chi connectivity index (χ4v) is 3.07. The summed E-state index contributed by atoms with van der Waals surface area (Å²) >= 11 is 0. The van der Waals surface area contributed by atoms with Gasteiger partial charge in [-0.15, -0.1) is 0 Å². The first-order chi connectivity index (χ1) is 13.5. The van der Waals surface area contributed by atoms with Crippen LogP contribution in [0.3, 0.4) is 0 Å². The first-order valence-electron chi connectivity index (χ1n) is 10.1. The van der Waals surface area contributed by atoms with Gasteiger partial charge in [0.2, 0.25) is 0 Å². The van der Waals surface area contributed by atoms with Gasteiger partial charge in [-0.3, -0.25) is 4.90 Å². The van der Waals surface area contributed by atoms with E-state index in [9.17, 15) is 0 Å². The molecule has 0 saturated carbocycles. The van der Waals surface area contributed by atoms with Crippen LogP contribution in [0.5, 0.6) is 5.75 Å². The van der Waals surface area contributed by atoms with E-state index in [1.165, 1.54) is 0 Å². The van der Waals surface area contributed by atoms with E-state index in [4.69, 9.17) is 19.2 Å². The van der Waals surface area contributed by atoms with Gasteiger partial charge in [-0.05, 0) is 38.5 Å². The number of rotatable bonds is 10. The standard InChI is InChI=1S/C21H36N4O3/c1-5-22-20(24-17-21(2,3)25-9-11-27-12-10-25)23-16-18-7-6-8-19(15-18)28-14-13-26-4/h6-8,15H,5,9-14,16-17H2,1-4H3,(H2,22,23,24). The number of aliphatic imine (C=N–C) groups is 1. The Morgan fingerprint density at radius 2 is 2.00 bits per heavy atom. The maximum atomic E-state index is 5.68. The van der Waals surface area contributed by atoms with Crippen LogP contribution in [-0.2, 0) is 16.0 Å². The van der Waals surface area contributed by atoms with Gasteiger partial charge in [0.25, 0.3) is 0 Å². The lowest BCUT2D eigenvalue weighted by molar-refractivity contribution is -0.00834. The molecule has 7 nitrogen and oxygen atoms in total. The minimum absolute atomic E-state index is 0.0368. The Kier molecular flexibility index (Phi) is 9.54. The number of hydrogen-bond acceptors (Lipinski definition) is 5. The van der Waals surface area contributed by atoms with E-state index >= 15 is 0 Å². The molecule has 0 atom stereocenters. The lowest BCUT2D eigenvalue weighted by Gasteiger charge is -2.41. The molecule has 2 N–H and O–H groups in total. The Labute approximate surface area is 169 Å². The Morgan fingerprint density at radius 1 is 1.21 bits per heavy atom. The summed E-state index contributed by atoms with van der Waals surface area (Å²) in [5.74, 6) is 1.67. The van der Waals surface area contributed by atoms with Gasteiger partial charge in [0.1, 0.15) is 12.4 Å². The van der Waals surface area contributed by atoms with Crippen molar-refractivity contribution in [2.24, 2.45) is 4.99 Å². The van der Waals surface area contributed by atoms with Crippen molar-refractivity contribution in [2.45, 2.75) is 32.9 Å². The maximum absolute atomic E-state index is 5.68. The summed E-state index contributed by atoms with van der Waals surface area (Å²) < 4.78 is 16.2. The van der Waals surface area contributed by atoms with Gasteiger partial charge < -0.3 is 24.8 Å². The van der Waals surface area contributed by atoms with Crippen LogP contribution in [0.25, 0.3) is 0 Å². The Bertz CT molecular complexity index is 601. The van der Waals surface area contributed by atoms with Crippen LogP contribution >= 0.6 is 0 Å². The molecular weight excluding hydrogens is 356 g/mol. The van der Waals surface area contributed by atoms with Crippen LogP contribution in [0, 0.1) is 0 Å². The molecule has 1 aromatic carbocycles. The maximum Gasteiger partial charge on any atom is 0.191 e. The van der Waals surface area contributed by atoms with Crippen LogP contribution in [0.2, 0.25) is 0 Å². The van der Waals surface area contributed by atoms with Gasteiger partial charge in [-0.25, -0.2) is 4.99 Å². The molecule has 0 aromatic heterocycles. The van der Waals surface area contributed by atoms with Crippen molar-refractivity contribution < 1.29 is 14.2 Å². The average Bonchev–Trinajstić information content (AvgIpc) is 2.71. The third-order valence-electron chi connectivity index (χ3n) is 4.77. The highest BCUT2D eigenvalue weighted by Gasteiger charge is 2.28. The smallest absolute Gasteiger partial charge is 0.191 e. The molecular formula is C21H36N4O3. The Morgan fingerprint density at radius 3 is 2.71 bits per heavy atom. The van der Waals surface area contributed by atoms with Gasteiger partial charge in [0, 0.05) is 38.8 Å². The second-order valence-electron chi connectivity index (χ2n) is 7.45. The predicted molar refractivity (Wildman–Crippen MR) is 113 cm³/mol. The molecule has 1 aliphatic heterocycles. The van der Waals surface area contributed by atoms with Crippen molar-refractivity contribution in [2.75, 3.05) is 59.7 Å². The van der Waals surface area contributed by atoms with E-state index in [1.807, 2.05) is 18.2 Å². The first-order valence-corrected chi connectivity index (χ1v) is 10.1. The monoisotopic (exact) mass is 392 g/mol. The molecule has 158 valence electrons. The van der Waals surface area contributed by atoms with Crippen molar-refractivity contribution in [1.82, 2.24) is 15.5 Å². The quantitative estimate of drug-likeness (QED) is 0.360.